The molecular formula is C21H30N6O2. The Morgan fingerprint density at radius 1 is 1.24 bits per heavy atom. The molecular weight excluding hydrogens is 368 g/mol. The maximum absolute atomic E-state index is 12.3. The first-order valence-corrected chi connectivity index (χ1v) is 9.86. The van der Waals surface area contributed by atoms with Gasteiger partial charge in [-0.1, -0.05) is 6.07 Å². The number of hydrogen-bond acceptors (Lipinski definition) is 7. The smallest absolute Gasteiger partial charge is 0.291 e. The predicted molar refractivity (Wildman–Crippen MR) is 113 cm³/mol. The number of ether oxygens (including phenoxy) is 1. The van der Waals surface area contributed by atoms with Crippen molar-refractivity contribution in [2.45, 2.75) is 39.8 Å². The molecule has 0 radical (unpaired) electrons. The van der Waals surface area contributed by atoms with Crippen LogP contribution in [0, 0.1) is 20.8 Å². The highest BCUT2D eigenvalue weighted by Gasteiger charge is 2.26. The molecule has 3 heterocycles. The van der Waals surface area contributed by atoms with Crippen LogP contribution in [0.1, 0.15) is 39.6 Å². The third-order valence-electron chi connectivity index (χ3n) is 5.32. The molecule has 0 bridgehead atoms. The van der Waals surface area contributed by atoms with Gasteiger partial charge in [0.05, 0.1) is 12.8 Å². The van der Waals surface area contributed by atoms with E-state index in [1.165, 1.54) is 4.90 Å². The van der Waals surface area contributed by atoms with Gasteiger partial charge >= 0.3 is 0 Å². The number of aromatic nitrogens is 3. The molecule has 0 aromatic carbocycles. The second-order valence-corrected chi connectivity index (χ2v) is 7.72. The van der Waals surface area contributed by atoms with Crippen molar-refractivity contribution in [3.63, 3.8) is 0 Å². The highest BCUT2D eigenvalue weighted by atomic mass is 16.5. The van der Waals surface area contributed by atoms with E-state index in [0.29, 0.717) is 18.5 Å². The lowest BCUT2D eigenvalue weighted by atomic mass is 10.2. The van der Waals surface area contributed by atoms with Crippen molar-refractivity contribution < 1.29 is 9.53 Å². The van der Waals surface area contributed by atoms with Gasteiger partial charge in [0.25, 0.3) is 5.91 Å². The van der Waals surface area contributed by atoms with Gasteiger partial charge in [0.15, 0.2) is 0 Å². The molecule has 1 amide bonds. The summed E-state index contributed by atoms with van der Waals surface area (Å²) >= 11 is 0. The molecule has 1 fully saturated rings. The first-order valence-electron chi connectivity index (χ1n) is 9.86. The van der Waals surface area contributed by atoms with Gasteiger partial charge in [-0.25, -0.2) is 15.0 Å². The molecule has 2 aromatic heterocycles. The molecule has 8 nitrogen and oxygen atoms in total. The van der Waals surface area contributed by atoms with E-state index >= 15 is 0 Å². The number of carbonyl (C=O) groups is 1. The minimum Gasteiger partial charge on any atom is -0.481 e. The first kappa shape index (κ1) is 21.0. The Balaban J connectivity index is 1.68. The lowest BCUT2D eigenvalue weighted by Gasteiger charge is -2.22. The van der Waals surface area contributed by atoms with Crippen LogP contribution in [0.3, 0.4) is 0 Å². The van der Waals surface area contributed by atoms with Gasteiger partial charge in [-0.3, -0.25) is 4.79 Å². The van der Waals surface area contributed by atoms with Crippen molar-refractivity contribution in [3.05, 3.63) is 40.5 Å². The highest BCUT2D eigenvalue weighted by molar-refractivity contribution is 5.90. The summed E-state index contributed by atoms with van der Waals surface area (Å²) in [5.74, 6) is 1.59. The number of anilines is 1. The second-order valence-electron chi connectivity index (χ2n) is 7.72. The normalized spacial score (nSPS) is 16.2. The Hall–Kier alpha value is -2.74. The van der Waals surface area contributed by atoms with Crippen LogP contribution in [-0.4, -0.2) is 66.1 Å². The van der Waals surface area contributed by atoms with E-state index in [-0.39, 0.29) is 11.7 Å². The Morgan fingerprint density at radius 3 is 2.69 bits per heavy atom. The van der Waals surface area contributed by atoms with Crippen molar-refractivity contribution >= 4 is 11.7 Å². The van der Waals surface area contributed by atoms with Crippen LogP contribution in [-0.2, 0) is 6.54 Å². The van der Waals surface area contributed by atoms with Gasteiger partial charge in [0, 0.05) is 56.6 Å². The fourth-order valence-corrected chi connectivity index (χ4v) is 3.44. The maximum atomic E-state index is 12.3. The molecule has 3 rings (SSSR count). The Kier molecular flexibility index (Phi) is 6.32. The molecule has 8 heteroatoms. The molecule has 0 unspecified atom stereocenters. The predicted octanol–water partition coefficient (Wildman–Crippen LogP) is 1.88. The SMILES string of the molecule is COc1nc(CN[C@@H]2CCN(c3nc(C(=O)N(C)C)nc(C)c3C)C2)ccc1C. The van der Waals surface area contributed by atoms with Crippen molar-refractivity contribution in [1.29, 1.82) is 0 Å². The summed E-state index contributed by atoms with van der Waals surface area (Å²) in [6, 6.07) is 4.38. The van der Waals surface area contributed by atoms with Gasteiger partial charge in [0.1, 0.15) is 5.82 Å². The van der Waals surface area contributed by atoms with Gasteiger partial charge < -0.3 is 19.9 Å². The van der Waals surface area contributed by atoms with Crippen LogP contribution >= 0.6 is 0 Å². The number of rotatable bonds is 6. The fraction of sp³-hybridized carbons (Fsp3) is 0.524. The van der Waals surface area contributed by atoms with E-state index in [4.69, 9.17) is 4.74 Å². The molecule has 1 atom stereocenters. The minimum atomic E-state index is -0.178. The van der Waals surface area contributed by atoms with E-state index in [0.717, 1.165) is 47.8 Å². The molecule has 1 N–H and O–H groups in total. The summed E-state index contributed by atoms with van der Waals surface area (Å²) in [4.78, 5) is 29.6. The van der Waals surface area contributed by atoms with Crippen LogP contribution in [0.15, 0.2) is 12.1 Å². The fourth-order valence-electron chi connectivity index (χ4n) is 3.44. The number of hydrogen-bond donors (Lipinski definition) is 1. The van der Waals surface area contributed by atoms with Crippen molar-refractivity contribution in [2.75, 3.05) is 39.2 Å². The molecule has 156 valence electrons. The Labute approximate surface area is 172 Å². The first-order chi connectivity index (χ1) is 13.8. The highest BCUT2D eigenvalue weighted by Crippen LogP contribution is 2.24. The lowest BCUT2D eigenvalue weighted by Crippen LogP contribution is -2.33. The second kappa shape index (κ2) is 8.73. The number of nitrogens with one attached hydrogen (secondary N) is 1. The summed E-state index contributed by atoms with van der Waals surface area (Å²) < 4.78 is 5.31. The average molecular weight is 399 g/mol. The van der Waals surface area contributed by atoms with Crippen LogP contribution < -0.4 is 15.0 Å². The standard InChI is InChI=1S/C21H30N6O2/c1-13-7-8-16(24-20(13)29-6)11-22-17-9-10-27(12-17)19-14(2)15(3)23-18(25-19)21(28)26(4)5/h7-8,17,22H,9-12H2,1-6H3/t17-/m1/s1. The molecule has 1 saturated heterocycles. The topological polar surface area (TPSA) is 83.5 Å². The van der Waals surface area contributed by atoms with Crippen molar-refractivity contribution in [3.8, 4) is 5.88 Å². The minimum absolute atomic E-state index is 0.178. The lowest BCUT2D eigenvalue weighted by molar-refractivity contribution is 0.0815. The van der Waals surface area contributed by atoms with E-state index in [9.17, 15) is 4.79 Å². The van der Waals surface area contributed by atoms with Crippen LogP contribution in [0.25, 0.3) is 0 Å². The quantitative estimate of drug-likeness (QED) is 0.795. The number of nitrogens with zero attached hydrogens (tertiary/aromatic N) is 5. The number of methoxy groups -OCH3 is 1. The van der Waals surface area contributed by atoms with E-state index in [1.807, 2.05) is 32.9 Å². The molecule has 29 heavy (non-hydrogen) atoms. The summed E-state index contributed by atoms with van der Waals surface area (Å²) in [5, 5.41) is 3.58. The zero-order chi connectivity index (χ0) is 21.1. The molecule has 0 spiro atoms. The molecule has 0 aliphatic carbocycles. The van der Waals surface area contributed by atoms with E-state index < -0.39 is 0 Å². The molecule has 1 aliphatic heterocycles. The number of aryl methyl sites for hydroxylation is 2. The number of amides is 1. The van der Waals surface area contributed by atoms with Crippen LogP contribution in [0.5, 0.6) is 5.88 Å². The summed E-state index contributed by atoms with van der Waals surface area (Å²) in [6.45, 7) is 8.32. The third-order valence-corrected chi connectivity index (χ3v) is 5.32. The number of pyridine rings is 1. The van der Waals surface area contributed by atoms with Crippen LogP contribution in [0.2, 0.25) is 0 Å². The zero-order valence-corrected chi connectivity index (χ0v) is 18.1. The number of carbonyl (C=O) groups excluding carboxylic acids is 1. The van der Waals surface area contributed by atoms with Crippen molar-refractivity contribution in [2.24, 2.45) is 0 Å². The summed E-state index contributed by atoms with van der Waals surface area (Å²) in [7, 11) is 5.07. The Bertz CT molecular complexity index is 899. The molecule has 0 saturated carbocycles. The van der Waals surface area contributed by atoms with Crippen LogP contribution in [0.4, 0.5) is 5.82 Å². The summed E-state index contributed by atoms with van der Waals surface area (Å²) in [6.07, 6.45) is 1.00. The summed E-state index contributed by atoms with van der Waals surface area (Å²) in [5.41, 5.74) is 3.85. The molecule has 2 aromatic rings. The van der Waals surface area contributed by atoms with Gasteiger partial charge in [-0.15, -0.1) is 0 Å². The van der Waals surface area contributed by atoms with Gasteiger partial charge in [-0.2, -0.15) is 0 Å². The van der Waals surface area contributed by atoms with E-state index in [1.54, 1.807) is 21.2 Å². The monoisotopic (exact) mass is 398 g/mol. The Morgan fingerprint density at radius 2 is 2.00 bits per heavy atom. The largest absolute Gasteiger partial charge is 0.481 e. The van der Waals surface area contributed by atoms with E-state index in [2.05, 4.69) is 25.2 Å². The van der Waals surface area contributed by atoms with Gasteiger partial charge in [0.2, 0.25) is 11.7 Å². The maximum Gasteiger partial charge on any atom is 0.291 e. The van der Waals surface area contributed by atoms with Gasteiger partial charge in [-0.05, 0) is 33.3 Å². The molecule has 1 aliphatic rings. The third kappa shape index (κ3) is 4.64. The van der Waals surface area contributed by atoms with Crippen molar-refractivity contribution in [1.82, 2.24) is 25.2 Å². The zero-order valence-electron chi connectivity index (χ0n) is 18.1. The average Bonchev–Trinajstić information content (AvgIpc) is 3.17.